The van der Waals surface area contributed by atoms with E-state index < -0.39 is 11.7 Å². The third kappa shape index (κ3) is 1.65. The number of fused-ring (bicyclic) bond motifs is 1. The van der Waals surface area contributed by atoms with E-state index in [0.717, 1.165) is 12.3 Å². The lowest BCUT2D eigenvalue weighted by atomic mass is 10.3. The summed E-state index contributed by atoms with van der Waals surface area (Å²) in [6.45, 7) is 0.294. The molecule has 2 rings (SSSR count). The van der Waals surface area contributed by atoms with Gasteiger partial charge in [0.1, 0.15) is 6.54 Å². The zero-order valence-electron chi connectivity index (χ0n) is 7.62. The average Bonchev–Trinajstić information content (AvgIpc) is 2.57. The first-order valence-electron chi connectivity index (χ1n) is 4.22. The van der Waals surface area contributed by atoms with Crippen LogP contribution in [0.25, 0.3) is 5.65 Å². The average molecular weight is 217 g/mol. The zero-order chi connectivity index (χ0) is 11.1. The lowest BCUT2D eigenvalue weighted by Gasteiger charge is -2.06. The van der Waals surface area contributed by atoms with Crippen molar-refractivity contribution in [1.82, 2.24) is 14.6 Å². The first-order valence-corrected chi connectivity index (χ1v) is 4.22. The summed E-state index contributed by atoms with van der Waals surface area (Å²) in [5.74, 6) is 0.413. The van der Waals surface area contributed by atoms with Crippen LogP contribution in [0.15, 0.2) is 18.3 Å². The van der Waals surface area contributed by atoms with Crippen LogP contribution in [0, 0.1) is 0 Å². The van der Waals surface area contributed by atoms with Gasteiger partial charge in [-0.3, -0.25) is 4.40 Å². The Bertz CT molecular complexity index is 488. The first kappa shape index (κ1) is 9.91. The van der Waals surface area contributed by atoms with E-state index in [0.29, 0.717) is 18.0 Å². The molecular formula is C8H8F3N4+. The van der Waals surface area contributed by atoms with E-state index in [-0.39, 0.29) is 0 Å². The monoisotopic (exact) mass is 217 g/mol. The third-order valence-corrected chi connectivity index (χ3v) is 2.02. The molecule has 0 fully saturated rings. The number of alkyl halides is 3. The molecule has 0 aliphatic rings. The first-order chi connectivity index (χ1) is 7.02. The molecule has 0 saturated carbocycles. The molecule has 4 nitrogen and oxygen atoms in total. The normalized spacial score (nSPS) is 12.3. The smallest absolute Gasteiger partial charge is 0.351 e. The molecule has 0 bridgehead atoms. The number of hydrogen-bond acceptors (Lipinski definition) is 2. The van der Waals surface area contributed by atoms with Crippen LogP contribution in [0.1, 0.15) is 11.4 Å². The molecule has 0 saturated heterocycles. The molecule has 2 heterocycles. The Kier molecular flexibility index (Phi) is 2.11. The Hall–Kier alpha value is -1.63. The highest BCUT2D eigenvalue weighted by atomic mass is 19.4. The van der Waals surface area contributed by atoms with Crippen LogP contribution in [0.2, 0.25) is 0 Å². The van der Waals surface area contributed by atoms with Crippen molar-refractivity contribution in [2.24, 2.45) is 0 Å². The highest BCUT2D eigenvalue weighted by Crippen LogP contribution is 2.29. The van der Waals surface area contributed by atoms with Crippen molar-refractivity contribution in [1.29, 1.82) is 0 Å². The lowest BCUT2D eigenvalue weighted by molar-refractivity contribution is -0.388. The molecule has 0 aliphatic carbocycles. The van der Waals surface area contributed by atoms with Crippen molar-refractivity contribution in [3.63, 3.8) is 0 Å². The molecule has 0 atom stereocenters. The maximum absolute atomic E-state index is 12.4. The predicted molar refractivity (Wildman–Crippen MR) is 44.6 cm³/mol. The fourth-order valence-corrected chi connectivity index (χ4v) is 1.28. The Morgan fingerprint density at radius 2 is 2.00 bits per heavy atom. The zero-order valence-corrected chi connectivity index (χ0v) is 7.62. The van der Waals surface area contributed by atoms with Gasteiger partial charge in [-0.1, -0.05) is 0 Å². The second-order valence-corrected chi connectivity index (χ2v) is 3.01. The highest BCUT2D eigenvalue weighted by molar-refractivity contribution is 5.39. The minimum Gasteiger partial charge on any atom is -0.351 e. The van der Waals surface area contributed by atoms with Crippen LogP contribution < -0.4 is 5.73 Å². The number of rotatable bonds is 1. The van der Waals surface area contributed by atoms with Crippen molar-refractivity contribution in [3.05, 3.63) is 29.7 Å². The van der Waals surface area contributed by atoms with E-state index in [1.165, 1.54) is 10.5 Å². The summed E-state index contributed by atoms with van der Waals surface area (Å²) in [5, 5.41) is 7.44. The number of quaternary nitrogens is 1. The molecule has 0 aromatic carbocycles. The molecule has 0 unspecified atom stereocenters. The van der Waals surface area contributed by atoms with E-state index in [1.807, 2.05) is 0 Å². The van der Waals surface area contributed by atoms with Crippen molar-refractivity contribution in [2.45, 2.75) is 12.7 Å². The van der Waals surface area contributed by atoms with Gasteiger partial charge in [-0.2, -0.15) is 13.2 Å². The van der Waals surface area contributed by atoms with Crippen LogP contribution in [0.3, 0.4) is 0 Å². The molecule has 0 radical (unpaired) electrons. The van der Waals surface area contributed by atoms with Crippen molar-refractivity contribution >= 4 is 5.65 Å². The summed E-state index contributed by atoms with van der Waals surface area (Å²) in [6.07, 6.45) is -3.37. The molecule has 80 valence electrons. The van der Waals surface area contributed by atoms with E-state index in [2.05, 4.69) is 15.9 Å². The van der Waals surface area contributed by atoms with Gasteiger partial charge >= 0.3 is 6.18 Å². The second kappa shape index (κ2) is 3.20. The SMILES string of the molecule is [NH3+]Cc1nnc2ccc(C(F)(F)F)cn12. The highest BCUT2D eigenvalue weighted by Gasteiger charge is 2.31. The van der Waals surface area contributed by atoms with Gasteiger partial charge in [-0.25, -0.2) is 0 Å². The van der Waals surface area contributed by atoms with E-state index in [1.54, 1.807) is 0 Å². The standard InChI is InChI=1S/C8H7F3N4/c9-8(10,11)5-1-2-6-13-14-7(3-12)15(6)4-5/h1-2,4H,3,12H2/p+1. The molecule has 7 heteroatoms. The Morgan fingerprint density at radius 3 is 2.60 bits per heavy atom. The van der Waals surface area contributed by atoms with E-state index >= 15 is 0 Å². The molecule has 15 heavy (non-hydrogen) atoms. The summed E-state index contributed by atoms with van der Waals surface area (Å²) < 4.78 is 38.5. The minimum atomic E-state index is -4.35. The summed E-state index contributed by atoms with van der Waals surface area (Å²) in [6, 6.07) is 2.27. The third-order valence-electron chi connectivity index (χ3n) is 2.02. The summed E-state index contributed by atoms with van der Waals surface area (Å²) in [7, 11) is 0. The Balaban J connectivity index is 2.63. The van der Waals surface area contributed by atoms with Gasteiger partial charge in [0.25, 0.3) is 0 Å². The van der Waals surface area contributed by atoms with E-state index in [9.17, 15) is 13.2 Å². The van der Waals surface area contributed by atoms with Crippen molar-refractivity contribution in [2.75, 3.05) is 0 Å². The fraction of sp³-hybridized carbons (Fsp3) is 0.250. The van der Waals surface area contributed by atoms with Crippen LogP contribution >= 0.6 is 0 Å². The Morgan fingerprint density at radius 1 is 1.27 bits per heavy atom. The molecule has 0 aliphatic heterocycles. The second-order valence-electron chi connectivity index (χ2n) is 3.01. The quantitative estimate of drug-likeness (QED) is 0.755. The fourth-order valence-electron chi connectivity index (χ4n) is 1.28. The molecule has 3 N–H and O–H groups in total. The van der Waals surface area contributed by atoms with Crippen molar-refractivity contribution < 1.29 is 18.9 Å². The predicted octanol–water partition coefficient (Wildman–Crippen LogP) is 0.490. The number of halogens is 3. The van der Waals surface area contributed by atoms with Crippen LogP contribution in [0.5, 0.6) is 0 Å². The maximum atomic E-state index is 12.4. The topological polar surface area (TPSA) is 57.8 Å². The minimum absolute atomic E-state index is 0.294. The molecule has 2 aromatic heterocycles. The summed E-state index contributed by atoms with van der Waals surface area (Å²) >= 11 is 0. The van der Waals surface area contributed by atoms with Gasteiger partial charge < -0.3 is 5.73 Å². The number of aromatic nitrogens is 3. The maximum Gasteiger partial charge on any atom is 0.417 e. The number of pyridine rings is 1. The van der Waals surface area contributed by atoms with Crippen molar-refractivity contribution in [3.8, 4) is 0 Å². The van der Waals surface area contributed by atoms with Crippen LogP contribution in [-0.4, -0.2) is 14.6 Å². The van der Waals surface area contributed by atoms with Crippen LogP contribution in [0.4, 0.5) is 13.2 Å². The molecular weight excluding hydrogens is 209 g/mol. The Labute approximate surface area is 82.5 Å². The van der Waals surface area contributed by atoms with Gasteiger partial charge in [-0.15, -0.1) is 10.2 Å². The van der Waals surface area contributed by atoms with Gasteiger partial charge in [0.15, 0.2) is 11.5 Å². The van der Waals surface area contributed by atoms with Gasteiger partial charge in [0.05, 0.1) is 5.56 Å². The number of nitrogens with zero attached hydrogens (tertiary/aromatic N) is 3. The molecule has 2 aromatic rings. The van der Waals surface area contributed by atoms with Crippen LogP contribution in [-0.2, 0) is 12.7 Å². The largest absolute Gasteiger partial charge is 0.417 e. The lowest BCUT2D eigenvalue weighted by Crippen LogP contribution is -2.48. The van der Waals surface area contributed by atoms with E-state index in [4.69, 9.17) is 0 Å². The van der Waals surface area contributed by atoms with Gasteiger partial charge in [0.2, 0.25) is 0 Å². The van der Waals surface area contributed by atoms with Gasteiger partial charge in [-0.05, 0) is 12.1 Å². The summed E-state index contributed by atoms with van der Waals surface area (Å²) in [4.78, 5) is 0. The summed E-state index contributed by atoms with van der Waals surface area (Å²) in [5.41, 5.74) is 3.24. The molecule has 0 spiro atoms. The molecule has 0 amide bonds. The van der Waals surface area contributed by atoms with Gasteiger partial charge in [0, 0.05) is 6.20 Å². The number of hydrogen-bond donors (Lipinski definition) is 1.